The molecule has 0 amide bonds. The minimum absolute atomic E-state index is 0.288. The molecule has 0 radical (unpaired) electrons. The second kappa shape index (κ2) is 5.62. The molecule has 84 valence electrons. The Kier molecular flexibility index (Phi) is 3.90. The molecule has 0 atom stereocenters. The molecule has 2 aromatic heterocycles. The molecule has 0 aliphatic rings. The van der Waals surface area contributed by atoms with Crippen LogP contribution in [-0.4, -0.2) is 20.9 Å². The van der Waals surface area contributed by atoms with Crippen LogP contribution in [0.3, 0.4) is 0 Å². The first kappa shape index (κ1) is 11.1. The van der Waals surface area contributed by atoms with Crippen LogP contribution in [0.4, 0.5) is 0 Å². The summed E-state index contributed by atoms with van der Waals surface area (Å²) in [5, 5.41) is 8.23. The van der Waals surface area contributed by atoms with Crippen LogP contribution < -0.4 is 5.73 Å². The van der Waals surface area contributed by atoms with Gasteiger partial charge in [-0.05, 0) is 18.1 Å². The van der Waals surface area contributed by atoms with E-state index >= 15 is 0 Å². The van der Waals surface area contributed by atoms with E-state index in [9.17, 15) is 0 Å². The standard InChI is InChI=1S/C10H12N4OS/c11-6-9-13-14-10(15-9)16-5-3-8-2-1-4-12-7-8/h1-2,4,7H,3,5-6,11H2. The highest BCUT2D eigenvalue weighted by molar-refractivity contribution is 7.99. The number of hydrogen-bond acceptors (Lipinski definition) is 6. The number of rotatable bonds is 5. The molecule has 2 N–H and O–H groups in total. The maximum absolute atomic E-state index is 5.37. The first-order chi connectivity index (χ1) is 7.88. The fourth-order valence-corrected chi connectivity index (χ4v) is 1.95. The van der Waals surface area contributed by atoms with Crippen molar-refractivity contribution in [1.29, 1.82) is 0 Å². The van der Waals surface area contributed by atoms with Gasteiger partial charge in [-0.3, -0.25) is 4.98 Å². The van der Waals surface area contributed by atoms with Crippen molar-refractivity contribution in [1.82, 2.24) is 15.2 Å². The van der Waals surface area contributed by atoms with Crippen molar-refractivity contribution in [3.05, 3.63) is 36.0 Å². The van der Waals surface area contributed by atoms with Crippen LogP contribution in [0, 0.1) is 0 Å². The predicted octanol–water partition coefficient (Wildman–Crippen LogP) is 1.26. The summed E-state index contributed by atoms with van der Waals surface area (Å²) < 4.78 is 5.27. The highest BCUT2D eigenvalue weighted by Crippen LogP contribution is 2.17. The molecule has 5 nitrogen and oxygen atoms in total. The van der Waals surface area contributed by atoms with E-state index in [1.165, 1.54) is 17.3 Å². The van der Waals surface area contributed by atoms with Crippen molar-refractivity contribution in [3.63, 3.8) is 0 Å². The zero-order chi connectivity index (χ0) is 11.2. The van der Waals surface area contributed by atoms with Gasteiger partial charge in [-0.15, -0.1) is 10.2 Å². The van der Waals surface area contributed by atoms with E-state index in [1.807, 2.05) is 18.3 Å². The molecule has 6 heteroatoms. The number of nitrogens with two attached hydrogens (primary N) is 1. The molecule has 2 aromatic rings. The Morgan fingerprint density at radius 1 is 1.38 bits per heavy atom. The summed E-state index contributed by atoms with van der Waals surface area (Å²) >= 11 is 1.53. The van der Waals surface area contributed by atoms with Gasteiger partial charge in [0.1, 0.15) is 0 Å². The number of aromatic nitrogens is 3. The summed E-state index contributed by atoms with van der Waals surface area (Å²) in [5.74, 6) is 1.36. The Labute approximate surface area is 97.5 Å². The highest BCUT2D eigenvalue weighted by atomic mass is 32.2. The molecule has 0 aliphatic heterocycles. The van der Waals surface area contributed by atoms with Gasteiger partial charge >= 0.3 is 0 Å². The van der Waals surface area contributed by atoms with Crippen molar-refractivity contribution in [2.75, 3.05) is 5.75 Å². The van der Waals surface area contributed by atoms with E-state index in [0.717, 1.165) is 12.2 Å². The molecule has 0 bridgehead atoms. The number of hydrogen-bond donors (Lipinski definition) is 1. The Bertz CT molecular complexity index is 431. The van der Waals surface area contributed by atoms with E-state index in [1.54, 1.807) is 6.20 Å². The topological polar surface area (TPSA) is 77.8 Å². The molecule has 16 heavy (non-hydrogen) atoms. The number of thioether (sulfide) groups is 1. The van der Waals surface area contributed by atoms with Crippen molar-refractivity contribution in [3.8, 4) is 0 Å². The Morgan fingerprint density at radius 2 is 2.31 bits per heavy atom. The van der Waals surface area contributed by atoms with E-state index in [2.05, 4.69) is 15.2 Å². The van der Waals surface area contributed by atoms with E-state index in [-0.39, 0.29) is 6.54 Å². The van der Waals surface area contributed by atoms with Gasteiger partial charge in [0.2, 0.25) is 5.89 Å². The molecule has 0 unspecified atom stereocenters. The highest BCUT2D eigenvalue weighted by Gasteiger charge is 2.04. The average molecular weight is 236 g/mol. The van der Waals surface area contributed by atoms with Crippen molar-refractivity contribution < 1.29 is 4.42 Å². The van der Waals surface area contributed by atoms with Gasteiger partial charge in [0, 0.05) is 18.1 Å². The largest absolute Gasteiger partial charge is 0.415 e. The minimum atomic E-state index is 0.288. The van der Waals surface area contributed by atoms with E-state index < -0.39 is 0 Å². The summed E-state index contributed by atoms with van der Waals surface area (Å²) in [4.78, 5) is 4.05. The number of aryl methyl sites for hydroxylation is 1. The molecule has 2 heterocycles. The first-order valence-electron chi connectivity index (χ1n) is 4.92. The second-order valence-electron chi connectivity index (χ2n) is 3.13. The lowest BCUT2D eigenvalue weighted by Crippen LogP contribution is -1.95. The Morgan fingerprint density at radius 3 is 3.00 bits per heavy atom. The van der Waals surface area contributed by atoms with Crippen LogP contribution in [-0.2, 0) is 13.0 Å². The number of nitrogens with zero attached hydrogens (tertiary/aromatic N) is 3. The summed E-state index contributed by atoms with van der Waals surface area (Å²) in [6.45, 7) is 0.288. The maximum atomic E-state index is 5.37. The van der Waals surface area contributed by atoms with Crippen LogP contribution >= 0.6 is 11.8 Å². The molecule has 0 aliphatic carbocycles. The Hall–Kier alpha value is -1.40. The smallest absolute Gasteiger partial charge is 0.276 e. The molecule has 0 spiro atoms. The van der Waals surface area contributed by atoms with Gasteiger partial charge in [-0.2, -0.15) is 0 Å². The van der Waals surface area contributed by atoms with E-state index in [0.29, 0.717) is 11.1 Å². The summed E-state index contributed by atoms with van der Waals surface area (Å²) in [7, 11) is 0. The van der Waals surface area contributed by atoms with Crippen LogP contribution in [0.25, 0.3) is 0 Å². The van der Waals surface area contributed by atoms with Gasteiger partial charge < -0.3 is 10.2 Å². The van der Waals surface area contributed by atoms with Crippen LogP contribution in [0.15, 0.2) is 34.2 Å². The lowest BCUT2D eigenvalue weighted by Gasteiger charge is -1.97. The summed E-state index contributed by atoms with van der Waals surface area (Å²) in [6.07, 6.45) is 4.56. The van der Waals surface area contributed by atoms with Crippen molar-refractivity contribution in [2.45, 2.75) is 18.2 Å². The van der Waals surface area contributed by atoms with Gasteiger partial charge in [-0.25, -0.2) is 0 Å². The van der Waals surface area contributed by atoms with Crippen molar-refractivity contribution >= 4 is 11.8 Å². The fraction of sp³-hybridized carbons (Fsp3) is 0.300. The SMILES string of the molecule is NCc1nnc(SCCc2cccnc2)o1. The second-order valence-corrected chi connectivity index (χ2v) is 4.17. The third-order valence-corrected chi connectivity index (χ3v) is 2.78. The van der Waals surface area contributed by atoms with E-state index in [4.69, 9.17) is 10.2 Å². The Balaban J connectivity index is 1.80. The fourth-order valence-electron chi connectivity index (χ4n) is 1.18. The zero-order valence-corrected chi connectivity index (χ0v) is 9.48. The van der Waals surface area contributed by atoms with Crippen LogP contribution in [0.1, 0.15) is 11.5 Å². The molecule has 0 aromatic carbocycles. The average Bonchev–Trinajstić information content (AvgIpc) is 2.78. The third kappa shape index (κ3) is 3.04. The molecular formula is C10H12N4OS. The molecule has 0 fully saturated rings. The lowest BCUT2D eigenvalue weighted by atomic mass is 10.2. The number of pyridine rings is 1. The van der Waals surface area contributed by atoms with Gasteiger partial charge in [0.05, 0.1) is 6.54 Å². The summed E-state index contributed by atoms with van der Waals surface area (Å²) in [6, 6.07) is 3.98. The third-order valence-electron chi connectivity index (χ3n) is 1.96. The predicted molar refractivity (Wildman–Crippen MR) is 60.9 cm³/mol. The van der Waals surface area contributed by atoms with Gasteiger partial charge in [0.25, 0.3) is 5.22 Å². The maximum Gasteiger partial charge on any atom is 0.276 e. The molecule has 2 rings (SSSR count). The first-order valence-corrected chi connectivity index (χ1v) is 5.91. The van der Waals surface area contributed by atoms with Crippen molar-refractivity contribution in [2.24, 2.45) is 5.73 Å². The quantitative estimate of drug-likeness (QED) is 0.787. The molecular weight excluding hydrogens is 224 g/mol. The van der Waals surface area contributed by atoms with Crippen LogP contribution in [0.5, 0.6) is 0 Å². The van der Waals surface area contributed by atoms with Gasteiger partial charge in [-0.1, -0.05) is 17.8 Å². The molecule has 0 saturated carbocycles. The monoisotopic (exact) mass is 236 g/mol. The normalized spacial score (nSPS) is 10.6. The van der Waals surface area contributed by atoms with Crippen LogP contribution in [0.2, 0.25) is 0 Å². The molecule has 0 saturated heterocycles. The zero-order valence-electron chi connectivity index (χ0n) is 8.67. The lowest BCUT2D eigenvalue weighted by molar-refractivity contribution is 0.415. The minimum Gasteiger partial charge on any atom is -0.415 e. The summed E-state index contributed by atoms with van der Waals surface area (Å²) in [5.41, 5.74) is 6.57. The van der Waals surface area contributed by atoms with Gasteiger partial charge in [0.15, 0.2) is 0 Å².